The summed E-state index contributed by atoms with van der Waals surface area (Å²) in [6.07, 6.45) is 0.511. The van der Waals surface area contributed by atoms with E-state index in [4.69, 9.17) is 5.11 Å². The second kappa shape index (κ2) is 12.8. The van der Waals surface area contributed by atoms with Crippen molar-refractivity contribution in [3.05, 3.63) is 66.3 Å². The Kier molecular flexibility index (Phi) is 14.4. The van der Waals surface area contributed by atoms with Crippen molar-refractivity contribution in [1.29, 1.82) is 0 Å². The number of carbonyl (C=O) groups excluding carboxylic acids is 1. The van der Waals surface area contributed by atoms with Crippen molar-refractivity contribution in [3.8, 4) is 0 Å². The van der Waals surface area contributed by atoms with Crippen LogP contribution >= 0.6 is 45.2 Å². The zero-order chi connectivity index (χ0) is 15.1. The number of hydrogen-bond donors (Lipinski definition) is 1. The van der Waals surface area contributed by atoms with Crippen LogP contribution in [-0.2, 0) is 6.61 Å². The Labute approximate surface area is 180 Å². The van der Waals surface area contributed by atoms with Gasteiger partial charge in [-0.3, -0.25) is 4.79 Å². The molecule has 0 aliphatic carbocycles. The number of carbonyl (C=O) groups is 1. The number of aliphatic hydroxyl groups excluding tert-OH is 1. The van der Waals surface area contributed by atoms with Gasteiger partial charge in [0.2, 0.25) is 0 Å². The van der Waals surface area contributed by atoms with Crippen LogP contribution in [0, 0.1) is 18.8 Å². The Morgan fingerprint density at radius 3 is 1.95 bits per heavy atom. The Hall–Kier alpha value is 0.455. The van der Waals surface area contributed by atoms with E-state index >= 15 is 0 Å². The molecule has 2 aromatic carbocycles. The van der Waals surface area contributed by atoms with Gasteiger partial charge in [0.15, 0.2) is 6.29 Å². The maximum Gasteiger partial charge on any atom is 1.00 e. The van der Waals surface area contributed by atoms with Crippen molar-refractivity contribution in [2.24, 2.45) is 0 Å². The second-order valence-electron chi connectivity index (χ2n) is 3.68. The molecule has 8 heteroatoms. The van der Waals surface area contributed by atoms with Gasteiger partial charge in [-0.1, -0.05) is 0 Å². The first-order valence-corrected chi connectivity index (χ1v) is 7.58. The van der Waals surface area contributed by atoms with E-state index in [0.29, 0.717) is 11.8 Å². The van der Waals surface area contributed by atoms with E-state index in [1.54, 1.807) is 18.2 Å². The molecule has 0 spiro atoms. The predicted molar refractivity (Wildman–Crippen MR) is 96.4 cm³/mol. The fourth-order valence-electron chi connectivity index (χ4n) is 1.27. The molecule has 111 valence electrons. The molecule has 2 rings (SSSR count). The van der Waals surface area contributed by atoms with Crippen LogP contribution < -0.4 is 29.6 Å². The summed E-state index contributed by atoms with van der Waals surface area (Å²) < 4.78 is 26.9. The summed E-state index contributed by atoms with van der Waals surface area (Å²) in [5.74, 6) is -0.807. The van der Waals surface area contributed by atoms with E-state index in [9.17, 15) is 13.6 Å². The zero-order valence-electron chi connectivity index (χ0n) is 12.7. The molecule has 0 aromatic heterocycles. The van der Waals surface area contributed by atoms with Crippen LogP contribution in [0.5, 0.6) is 0 Å². The maximum absolute atomic E-state index is 12.6. The number of halogens is 4. The number of aldehydes is 1. The van der Waals surface area contributed by atoms with Crippen LogP contribution in [0.15, 0.2) is 36.4 Å². The molecule has 0 unspecified atom stereocenters. The van der Waals surface area contributed by atoms with Crippen molar-refractivity contribution in [2.75, 3.05) is 0 Å². The van der Waals surface area contributed by atoms with Gasteiger partial charge in [0.25, 0.3) is 0 Å². The second-order valence-corrected chi connectivity index (χ2v) is 6.17. The summed E-state index contributed by atoms with van der Waals surface area (Å²) in [5.41, 5.74) is 0.471. The van der Waals surface area contributed by atoms with Gasteiger partial charge in [0, 0.05) is 21.1 Å². The van der Waals surface area contributed by atoms with Crippen LogP contribution in [0.25, 0.3) is 0 Å². The van der Waals surface area contributed by atoms with Crippen LogP contribution in [-0.4, -0.2) is 19.8 Å². The molecule has 0 heterocycles. The molecule has 1 N–H and O–H groups in total. The minimum absolute atomic E-state index is 0. The average molecular weight is 537 g/mol. The van der Waals surface area contributed by atoms with E-state index in [1.807, 2.05) is 22.6 Å². The normalized spacial score (nSPS) is 8.77. The zero-order valence-corrected chi connectivity index (χ0v) is 18.0. The first kappa shape index (κ1) is 24.7. The first-order chi connectivity index (χ1) is 9.47. The van der Waals surface area contributed by atoms with E-state index in [-0.39, 0.29) is 57.4 Å². The van der Waals surface area contributed by atoms with Crippen molar-refractivity contribution < 1.29 is 49.7 Å². The molecule has 0 saturated heterocycles. The third kappa shape index (κ3) is 8.35. The van der Waals surface area contributed by atoms with Crippen molar-refractivity contribution in [1.82, 2.24) is 0 Å². The molecule has 0 aliphatic rings. The SMILES string of the molecule is O=Cc1cc(I)ccc1F.OCc1cc(I)ccc1F.[B].[H-].[Na+]. The van der Waals surface area contributed by atoms with Gasteiger partial charge in [0.1, 0.15) is 11.6 Å². The third-order valence-corrected chi connectivity index (χ3v) is 3.61. The molecule has 22 heavy (non-hydrogen) atoms. The van der Waals surface area contributed by atoms with Gasteiger partial charge in [-0.25, -0.2) is 8.78 Å². The number of rotatable bonds is 2. The minimum atomic E-state index is -0.463. The number of aliphatic hydroxyl groups is 1. The summed E-state index contributed by atoms with van der Waals surface area (Å²) in [6.45, 7) is -0.233. The third-order valence-electron chi connectivity index (χ3n) is 2.26. The fraction of sp³-hybridized carbons (Fsp3) is 0.0714. The minimum Gasteiger partial charge on any atom is -1.00 e. The molecule has 0 aliphatic heterocycles. The molecular formula is C14H11BF2I2NaO2. The standard InChI is InChI=1S/C7H6FIO.C7H4FIO.B.Na.H/c2*8-7-2-1-6(9)3-5(7)4-10;;;/h1-3,10H,4H2;1-4H;;;/q;;;+1;-1. The van der Waals surface area contributed by atoms with Crippen LogP contribution in [0.3, 0.4) is 0 Å². The van der Waals surface area contributed by atoms with E-state index in [1.165, 1.54) is 18.2 Å². The van der Waals surface area contributed by atoms with Crippen molar-refractivity contribution >= 4 is 59.9 Å². The summed E-state index contributed by atoms with van der Waals surface area (Å²) in [7, 11) is 0. The monoisotopic (exact) mass is 537 g/mol. The van der Waals surface area contributed by atoms with E-state index < -0.39 is 5.82 Å². The molecule has 0 bridgehead atoms. The Balaban J connectivity index is -0.000000308. The van der Waals surface area contributed by atoms with Gasteiger partial charge >= 0.3 is 29.6 Å². The van der Waals surface area contributed by atoms with Gasteiger partial charge in [-0.05, 0) is 81.6 Å². The largest absolute Gasteiger partial charge is 1.00 e. The van der Waals surface area contributed by atoms with Crippen molar-refractivity contribution in [2.45, 2.75) is 6.61 Å². The van der Waals surface area contributed by atoms with Crippen LogP contribution in [0.2, 0.25) is 0 Å². The first-order valence-electron chi connectivity index (χ1n) is 5.43. The average Bonchev–Trinajstić information content (AvgIpc) is 2.44. The van der Waals surface area contributed by atoms with E-state index in [0.717, 1.165) is 7.14 Å². The predicted octanol–water partition coefficient (Wildman–Crippen LogP) is 0.901. The molecule has 3 radical (unpaired) electrons. The van der Waals surface area contributed by atoms with Crippen molar-refractivity contribution in [3.63, 3.8) is 0 Å². The number of hydrogen-bond acceptors (Lipinski definition) is 2. The molecule has 0 fully saturated rings. The summed E-state index contributed by atoms with van der Waals surface area (Å²) in [6, 6.07) is 9.04. The molecule has 2 aromatic rings. The molecule has 0 saturated carbocycles. The molecule has 0 atom stereocenters. The maximum atomic E-state index is 12.6. The Morgan fingerprint density at radius 1 is 1.05 bits per heavy atom. The fourth-order valence-corrected chi connectivity index (χ4v) is 2.34. The summed E-state index contributed by atoms with van der Waals surface area (Å²) in [5, 5.41) is 8.60. The van der Waals surface area contributed by atoms with Gasteiger partial charge < -0.3 is 6.53 Å². The summed E-state index contributed by atoms with van der Waals surface area (Å²) >= 11 is 4.09. The van der Waals surface area contributed by atoms with E-state index in [2.05, 4.69) is 22.6 Å². The molecule has 0 amide bonds. The van der Waals surface area contributed by atoms with Crippen LogP contribution in [0.4, 0.5) is 8.78 Å². The Bertz CT molecular complexity index is 621. The van der Waals surface area contributed by atoms with Crippen LogP contribution in [0.1, 0.15) is 17.3 Å². The van der Waals surface area contributed by atoms with Gasteiger partial charge in [-0.15, -0.1) is 0 Å². The number of benzene rings is 2. The van der Waals surface area contributed by atoms with Gasteiger partial charge in [-0.2, -0.15) is 0 Å². The molecular weight excluding hydrogens is 526 g/mol. The smallest absolute Gasteiger partial charge is 1.00 e. The molecule has 2 nitrogen and oxygen atoms in total. The topological polar surface area (TPSA) is 37.3 Å². The quantitative estimate of drug-likeness (QED) is 0.352. The van der Waals surface area contributed by atoms with Gasteiger partial charge in [0.05, 0.1) is 12.2 Å². The Morgan fingerprint density at radius 2 is 1.55 bits per heavy atom. The summed E-state index contributed by atoms with van der Waals surface area (Å²) in [4.78, 5) is 10.1.